The fraction of sp³-hybridized carbons (Fsp3) is 0.714. The second-order valence-corrected chi connectivity index (χ2v) is 13.5. The lowest BCUT2D eigenvalue weighted by Gasteiger charge is -2.41. The molecule has 0 bridgehead atoms. The highest BCUT2D eigenvalue weighted by Crippen LogP contribution is 2.29. The van der Waals surface area contributed by atoms with Crippen LogP contribution in [-0.4, -0.2) is 83.1 Å². The number of hydrogen-bond donors (Lipinski definition) is 1. The highest BCUT2D eigenvalue weighted by Gasteiger charge is 2.39. The number of hydrogen-bond acceptors (Lipinski definition) is 4. The largest absolute Gasteiger partial charge is 0.346 e. The summed E-state index contributed by atoms with van der Waals surface area (Å²) < 4.78 is 0. The summed E-state index contributed by atoms with van der Waals surface area (Å²) in [7, 11) is 0. The van der Waals surface area contributed by atoms with Crippen LogP contribution in [0.1, 0.15) is 102 Å². The summed E-state index contributed by atoms with van der Waals surface area (Å²) >= 11 is 0. The molecule has 236 valence electrons. The van der Waals surface area contributed by atoms with Crippen molar-refractivity contribution in [3.05, 3.63) is 35.9 Å². The second-order valence-electron chi connectivity index (χ2n) is 13.5. The summed E-state index contributed by atoms with van der Waals surface area (Å²) in [5.41, 5.74) is 1.19. The molecule has 8 heteroatoms. The predicted molar refractivity (Wildman–Crippen MR) is 167 cm³/mol. The molecule has 4 amide bonds. The van der Waals surface area contributed by atoms with Crippen LogP contribution in [0.3, 0.4) is 0 Å². The smallest absolute Gasteiger partial charge is 0.312 e. The number of carbonyl (C=O) groups is 4. The average Bonchev–Trinajstić information content (AvgIpc) is 3.04. The van der Waals surface area contributed by atoms with Crippen LogP contribution in [0, 0.1) is 11.8 Å². The summed E-state index contributed by atoms with van der Waals surface area (Å²) in [4.78, 5) is 57.1. The number of amides is 4. The van der Waals surface area contributed by atoms with E-state index in [1.54, 1.807) is 4.90 Å². The van der Waals surface area contributed by atoms with Crippen LogP contribution in [0.4, 0.5) is 0 Å². The molecular formula is C35H52N4O4. The molecule has 4 fully saturated rings. The first-order chi connectivity index (χ1) is 21.0. The molecule has 8 nitrogen and oxygen atoms in total. The number of benzene rings is 1. The van der Waals surface area contributed by atoms with Gasteiger partial charge in [-0.05, 0) is 55.9 Å². The van der Waals surface area contributed by atoms with E-state index in [2.05, 4.69) is 17.4 Å². The molecule has 2 aliphatic carbocycles. The standard InChI is InChI=1S/C35H52N4O4/c40-32-33(41)38(22-19-27-12-4-1-5-13-27)30(25-36-32)18-10-11-21-37-26-31(24-29-16-8-3-9-17-29)39(35(43)34(37)42)23-20-28-14-6-2-7-15-28/h3,8-9,16-17,27-28,30-31H,1-2,4-7,10-15,18-26H2,(H,36,40)/t30-,31+/m0/s1. The minimum atomic E-state index is -0.491. The fourth-order valence-corrected chi connectivity index (χ4v) is 7.91. The zero-order valence-electron chi connectivity index (χ0n) is 26.0. The van der Waals surface area contributed by atoms with Gasteiger partial charge in [0, 0.05) is 38.8 Å². The van der Waals surface area contributed by atoms with Crippen LogP contribution < -0.4 is 5.32 Å². The highest BCUT2D eigenvalue weighted by atomic mass is 16.2. The Kier molecular flexibility index (Phi) is 11.5. The molecule has 2 atom stereocenters. The molecular weight excluding hydrogens is 540 g/mol. The molecule has 2 saturated heterocycles. The molecule has 2 aliphatic heterocycles. The van der Waals surface area contributed by atoms with E-state index in [0.717, 1.165) is 38.5 Å². The van der Waals surface area contributed by atoms with E-state index in [-0.39, 0.29) is 23.9 Å². The molecule has 1 N–H and O–H groups in total. The van der Waals surface area contributed by atoms with Crippen molar-refractivity contribution in [2.75, 3.05) is 32.7 Å². The van der Waals surface area contributed by atoms with Gasteiger partial charge >= 0.3 is 23.6 Å². The molecule has 2 saturated carbocycles. The molecule has 4 aliphatic rings. The maximum Gasteiger partial charge on any atom is 0.312 e. The third-order valence-corrected chi connectivity index (χ3v) is 10.5. The van der Waals surface area contributed by atoms with Crippen LogP contribution >= 0.6 is 0 Å². The number of piperazine rings is 2. The van der Waals surface area contributed by atoms with Crippen molar-refractivity contribution >= 4 is 23.6 Å². The van der Waals surface area contributed by atoms with Gasteiger partial charge in [-0.2, -0.15) is 0 Å². The summed E-state index contributed by atoms with van der Waals surface area (Å²) in [5.74, 6) is -0.304. The van der Waals surface area contributed by atoms with Crippen LogP contribution in [0.15, 0.2) is 30.3 Å². The van der Waals surface area contributed by atoms with Crippen LogP contribution in [-0.2, 0) is 25.6 Å². The van der Waals surface area contributed by atoms with E-state index in [1.165, 1.54) is 69.8 Å². The van der Waals surface area contributed by atoms with Crippen molar-refractivity contribution in [2.24, 2.45) is 11.8 Å². The van der Waals surface area contributed by atoms with E-state index in [0.29, 0.717) is 44.6 Å². The van der Waals surface area contributed by atoms with Crippen molar-refractivity contribution < 1.29 is 19.2 Å². The summed E-state index contributed by atoms with van der Waals surface area (Å²) in [6, 6.07) is 10.3. The molecule has 5 rings (SSSR count). The van der Waals surface area contributed by atoms with Gasteiger partial charge in [-0.3, -0.25) is 19.2 Å². The van der Waals surface area contributed by atoms with Gasteiger partial charge in [-0.15, -0.1) is 0 Å². The fourth-order valence-electron chi connectivity index (χ4n) is 7.91. The van der Waals surface area contributed by atoms with Crippen molar-refractivity contribution in [3.63, 3.8) is 0 Å². The summed E-state index contributed by atoms with van der Waals surface area (Å²) in [6.45, 7) is 2.92. The zero-order valence-corrected chi connectivity index (χ0v) is 26.0. The van der Waals surface area contributed by atoms with E-state index in [1.807, 2.05) is 28.0 Å². The average molecular weight is 593 g/mol. The molecule has 0 spiro atoms. The topological polar surface area (TPSA) is 90.0 Å². The lowest BCUT2D eigenvalue weighted by Crippen LogP contribution is -2.60. The van der Waals surface area contributed by atoms with Gasteiger partial charge in [0.2, 0.25) is 0 Å². The third-order valence-electron chi connectivity index (χ3n) is 10.5. The van der Waals surface area contributed by atoms with E-state index >= 15 is 0 Å². The van der Waals surface area contributed by atoms with Crippen molar-refractivity contribution in [3.8, 4) is 0 Å². The maximum absolute atomic E-state index is 13.5. The minimum absolute atomic E-state index is 0.00594. The highest BCUT2D eigenvalue weighted by molar-refractivity contribution is 6.36. The van der Waals surface area contributed by atoms with Gasteiger partial charge < -0.3 is 20.0 Å². The summed E-state index contributed by atoms with van der Waals surface area (Å²) in [5, 5.41) is 2.78. The van der Waals surface area contributed by atoms with Crippen molar-refractivity contribution in [1.29, 1.82) is 0 Å². The normalized spacial score (nSPS) is 24.5. The number of carbonyl (C=O) groups excluding carboxylic acids is 4. The van der Waals surface area contributed by atoms with Gasteiger partial charge in [-0.1, -0.05) is 94.5 Å². The molecule has 0 radical (unpaired) electrons. The quantitative estimate of drug-likeness (QED) is 0.266. The minimum Gasteiger partial charge on any atom is -0.346 e. The Bertz CT molecular complexity index is 1080. The first kappa shape index (κ1) is 31.5. The molecule has 1 aromatic carbocycles. The zero-order chi connectivity index (χ0) is 30.0. The lowest BCUT2D eigenvalue weighted by atomic mass is 9.86. The maximum atomic E-state index is 13.5. The van der Waals surface area contributed by atoms with Crippen LogP contribution in [0.5, 0.6) is 0 Å². The Morgan fingerprint density at radius 1 is 0.628 bits per heavy atom. The monoisotopic (exact) mass is 592 g/mol. The Morgan fingerprint density at radius 3 is 1.86 bits per heavy atom. The van der Waals surface area contributed by atoms with Crippen molar-refractivity contribution in [2.45, 2.75) is 115 Å². The Hall–Kier alpha value is -2.90. The van der Waals surface area contributed by atoms with E-state index < -0.39 is 11.8 Å². The first-order valence-corrected chi connectivity index (χ1v) is 17.2. The van der Waals surface area contributed by atoms with Gasteiger partial charge in [0.05, 0.1) is 6.04 Å². The van der Waals surface area contributed by atoms with Gasteiger partial charge in [0.15, 0.2) is 0 Å². The Morgan fingerprint density at radius 2 is 1.23 bits per heavy atom. The molecule has 43 heavy (non-hydrogen) atoms. The van der Waals surface area contributed by atoms with Gasteiger partial charge in [-0.25, -0.2) is 0 Å². The van der Waals surface area contributed by atoms with Crippen molar-refractivity contribution in [1.82, 2.24) is 20.0 Å². The first-order valence-electron chi connectivity index (χ1n) is 17.2. The van der Waals surface area contributed by atoms with Crippen LogP contribution in [0.25, 0.3) is 0 Å². The Labute approximate surface area is 257 Å². The number of nitrogens with zero attached hydrogens (tertiary/aromatic N) is 3. The SMILES string of the molecule is O=C1NC[C@H](CCCCN2C[C@@H](Cc3ccccc3)N(CCC3CCCCC3)C(=O)C2=O)N(CCC2CCCCC2)C1=O. The predicted octanol–water partition coefficient (Wildman–Crippen LogP) is 4.71. The number of unbranched alkanes of at least 4 members (excludes halogenated alkanes) is 1. The Balaban J connectivity index is 1.14. The van der Waals surface area contributed by atoms with E-state index in [9.17, 15) is 19.2 Å². The van der Waals surface area contributed by atoms with Gasteiger partial charge in [0.1, 0.15) is 0 Å². The molecule has 0 aromatic heterocycles. The number of rotatable bonds is 13. The summed E-state index contributed by atoms with van der Waals surface area (Å²) in [6.07, 6.45) is 17.7. The second kappa shape index (κ2) is 15.7. The molecule has 2 heterocycles. The van der Waals surface area contributed by atoms with Crippen LogP contribution in [0.2, 0.25) is 0 Å². The molecule has 1 aromatic rings. The lowest BCUT2D eigenvalue weighted by molar-refractivity contribution is -0.159. The molecule has 0 unspecified atom stereocenters. The number of nitrogens with one attached hydrogen (secondary N) is 1. The third kappa shape index (κ3) is 8.60. The van der Waals surface area contributed by atoms with Gasteiger partial charge in [0.25, 0.3) is 0 Å². The van der Waals surface area contributed by atoms with E-state index in [4.69, 9.17) is 0 Å².